The Morgan fingerprint density at radius 2 is 1.70 bits per heavy atom. The second-order valence-electron chi connectivity index (χ2n) is 9.85. The molecule has 1 aliphatic carbocycles. The number of anilines is 1. The summed E-state index contributed by atoms with van der Waals surface area (Å²) < 4.78 is 26.7. The third-order valence-corrected chi connectivity index (χ3v) is 8.63. The minimum absolute atomic E-state index is 0.0688. The molecule has 1 saturated carbocycles. The van der Waals surface area contributed by atoms with Gasteiger partial charge in [-0.3, -0.25) is 13.9 Å². The van der Waals surface area contributed by atoms with Crippen LogP contribution in [0.5, 0.6) is 0 Å². The van der Waals surface area contributed by atoms with Gasteiger partial charge in [0.2, 0.25) is 21.8 Å². The minimum atomic E-state index is -3.79. The van der Waals surface area contributed by atoms with Crippen LogP contribution in [0.3, 0.4) is 0 Å². The zero-order chi connectivity index (χ0) is 27.3. The van der Waals surface area contributed by atoms with E-state index in [9.17, 15) is 18.0 Å². The lowest BCUT2D eigenvalue weighted by Gasteiger charge is -2.33. The number of carbonyl (C=O) groups excluding carboxylic acids is 2. The van der Waals surface area contributed by atoms with Gasteiger partial charge in [0, 0.05) is 12.6 Å². The van der Waals surface area contributed by atoms with Crippen LogP contribution in [0.15, 0.2) is 36.4 Å². The van der Waals surface area contributed by atoms with Crippen molar-refractivity contribution in [3.8, 4) is 0 Å². The average molecular weight is 569 g/mol. The highest BCUT2D eigenvalue weighted by molar-refractivity contribution is 7.92. The molecule has 0 spiro atoms. The number of aryl methyl sites for hydroxylation is 2. The van der Waals surface area contributed by atoms with E-state index in [1.807, 2.05) is 19.1 Å². The summed E-state index contributed by atoms with van der Waals surface area (Å²) in [4.78, 5) is 28.4. The van der Waals surface area contributed by atoms with Crippen LogP contribution in [0.25, 0.3) is 0 Å². The lowest BCUT2D eigenvalue weighted by Crippen LogP contribution is -2.53. The maximum absolute atomic E-state index is 13.7. The average Bonchev–Trinajstić information content (AvgIpc) is 2.84. The largest absolute Gasteiger partial charge is 0.352 e. The molecule has 0 bridgehead atoms. The highest BCUT2D eigenvalue weighted by Crippen LogP contribution is 2.26. The van der Waals surface area contributed by atoms with Crippen molar-refractivity contribution in [2.24, 2.45) is 0 Å². The van der Waals surface area contributed by atoms with Gasteiger partial charge in [-0.05, 0) is 68.5 Å². The Labute approximate surface area is 230 Å². The molecule has 2 aromatic rings. The molecule has 2 amide bonds. The van der Waals surface area contributed by atoms with Gasteiger partial charge in [0.25, 0.3) is 0 Å². The Hall–Kier alpha value is -2.29. The van der Waals surface area contributed by atoms with Gasteiger partial charge in [0.05, 0.1) is 22.0 Å². The molecule has 1 atom stereocenters. The number of halogens is 2. The first-order valence-electron chi connectivity index (χ1n) is 12.5. The Morgan fingerprint density at radius 1 is 1.03 bits per heavy atom. The van der Waals surface area contributed by atoms with E-state index in [4.69, 9.17) is 23.2 Å². The predicted octanol–water partition coefficient (Wildman–Crippen LogP) is 5.24. The molecule has 0 aliphatic heterocycles. The number of benzene rings is 2. The molecule has 0 aromatic heterocycles. The van der Waals surface area contributed by atoms with Crippen LogP contribution in [0.2, 0.25) is 10.0 Å². The van der Waals surface area contributed by atoms with Crippen LogP contribution in [0.4, 0.5) is 5.69 Å². The number of amides is 2. The molecule has 1 N–H and O–H groups in total. The summed E-state index contributed by atoms with van der Waals surface area (Å²) in [6.07, 6.45) is 6.17. The zero-order valence-electron chi connectivity index (χ0n) is 21.8. The Kier molecular flexibility index (Phi) is 9.89. The lowest BCUT2D eigenvalue weighted by atomic mass is 9.95. The fourth-order valence-corrected chi connectivity index (χ4v) is 5.79. The second kappa shape index (κ2) is 12.5. The fourth-order valence-electron chi connectivity index (χ4n) is 4.57. The Bertz CT molecular complexity index is 1250. The first-order chi connectivity index (χ1) is 17.4. The van der Waals surface area contributed by atoms with E-state index in [0.717, 1.165) is 53.8 Å². The summed E-state index contributed by atoms with van der Waals surface area (Å²) in [6.45, 7) is 4.95. The van der Waals surface area contributed by atoms with Crippen molar-refractivity contribution >= 4 is 50.7 Å². The van der Waals surface area contributed by atoms with Crippen molar-refractivity contribution in [2.75, 3.05) is 17.1 Å². The van der Waals surface area contributed by atoms with Crippen LogP contribution < -0.4 is 9.62 Å². The summed E-state index contributed by atoms with van der Waals surface area (Å²) >= 11 is 12.3. The van der Waals surface area contributed by atoms with Gasteiger partial charge in [0.1, 0.15) is 12.6 Å². The van der Waals surface area contributed by atoms with Crippen molar-refractivity contribution in [3.05, 3.63) is 63.1 Å². The number of sulfonamides is 1. The Morgan fingerprint density at radius 3 is 2.32 bits per heavy atom. The van der Waals surface area contributed by atoms with Gasteiger partial charge in [-0.2, -0.15) is 0 Å². The minimum Gasteiger partial charge on any atom is -0.352 e. The highest BCUT2D eigenvalue weighted by atomic mass is 35.5. The smallest absolute Gasteiger partial charge is 0.244 e. The third-order valence-electron chi connectivity index (χ3n) is 6.77. The quantitative estimate of drug-likeness (QED) is 0.448. The highest BCUT2D eigenvalue weighted by Gasteiger charge is 2.31. The summed E-state index contributed by atoms with van der Waals surface area (Å²) in [5.41, 5.74) is 2.71. The summed E-state index contributed by atoms with van der Waals surface area (Å²) in [7, 11) is -3.79. The number of hydrogen-bond acceptors (Lipinski definition) is 4. The standard InChI is InChI=1S/C27H35Cl2N3O4S/c1-18-10-11-19(2)25(14-18)32(37(4,35)36)17-26(33)31(16-21-12-13-23(28)24(29)15-21)20(3)27(34)30-22-8-6-5-7-9-22/h10-15,20,22H,5-9,16-17H2,1-4H3,(H,30,34). The number of nitrogens with one attached hydrogen (secondary N) is 1. The molecule has 0 heterocycles. The maximum Gasteiger partial charge on any atom is 0.244 e. The maximum atomic E-state index is 13.7. The van der Waals surface area contributed by atoms with Gasteiger partial charge >= 0.3 is 0 Å². The van der Waals surface area contributed by atoms with Gasteiger partial charge < -0.3 is 10.2 Å². The second-order valence-corrected chi connectivity index (χ2v) is 12.6. The van der Waals surface area contributed by atoms with E-state index in [-0.39, 0.29) is 18.5 Å². The van der Waals surface area contributed by atoms with Crippen LogP contribution >= 0.6 is 23.2 Å². The van der Waals surface area contributed by atoms with Crippen LogP contribution in [0, 0.1) is 13.8 Å². The molecular formula is C27H35Cl2N3O4S. The molecule has 0 saturated heterocycles. The van der Waals surface area contributed by atoms with Crippen LogP contribution in [-0.4, -0.2) is 50.0 Å². The van der Waals surface area contributed by atoms with Crippen LogP contribution in [-0.2, 0) is 26.2 Å². The van der Waals surface area contributed by atoms with Crippen molar-refractivity contribution in [3.63, 3.8) is 0 Å². The van der Waals surface area contributed by atoms with Gasteiger partial charge in [-0.25, -0.2) is 8.42 Å². The van der Waals surface area contributed by atoms with Gasteiger partial charge in [0.15, 0.2) is 0 Å². The van der Waals surface area contributed by atoms with E-state index in [0.29, 0.717) is 21.3 Å². The fraction of sp³-hybridized carbons (Fsp3) is 0.481. The molecule has 37 heavy (non-hydrogen) atoms. The third kappa shape index (κ3) is 7.85. The molecule has 7 nitrogen and oxygen atoms in total. The summed E-state index contributed by atoms with van der Waals surface area (Å²) in [5, 5.41) is 3.79. The molecule has 0 radical (unpaired) electrons. The van der Waals surface area contributed by atoms with Crippen molar-refractivity contribution < 1.29 is 18.0 Å². The number of carbonyl (C=O) groups is 2. The number of rotatable bonds is 9. The van der Waals surface area contributed by atoms with Gasteiger partial charge in [-0.1, -0.05) is 60.7 Å². The van der Waals surface area contributed by atoms with Gasteiger partial charge in [-0.15, -0.1) is 0 Å². The monoisotopic (exact) mass is 567 g/mol. The Balaban J connectivity index is 1.92. The van der Waals surface area contributed by atoms with Crippen LogP contribution in [0.1, 0.15) is 55.7 Å². The topological polar surface area (TPSA) is 86.8 Å². The molecule has 1 fully saturated rings. The van der Waals surface area contributed by atoms with Crippen molar-refractivity contribution in [1.82, 2.24) is 10.2 Å². The van der Waals surface area contributed by atoms with E-state index in [1.54, 1.807) is 38.1 Å². The molecule has 10 heteroatoms. The van der Waals surface area contributed by atoms with E-state index in [2.05, 4.69) is 5.32 Å². The molecule has 2 aromatic carbocycles. The molecule has 3 rings (SSSR count). The first kappa shape index (κ1) is 29.3. The van der Waals surface area contributed by atoms with E-state index in [1.165, 1.54) is 4.90 Å². The first-order valence-corrected chi connectivity index (χ1v) is 15.1. The van der Waals surface area contributed by atoms with E-state index >= 15 is 0 Å². The van der Waals surface area contributed by atoms with Crippen molar-refractivity contribution in [1.29, 1.82) is 0 Å². The normalized spacial score (nSPS) is 15.2. The summed E-state index contributed by atoms with van der Waals surface area (Å²) in [5.74, 6) is -0.762. The molecule has 1 unspecified atom stereocenters. The van der Waals surface area contributed by atoms with Crippen molar-refractivity contribution in [2.45, 2.75) is 71.5 Å². The summed E-state index contributed by atoms with van der Waals surface area (Å²) in [6, 6.07) is 9.71. The SMILES string of the molecule is Cc1ccc(C)c(N(CC(=O)N(Cc2ccc(Cl)c(Cl)c2)C(C)C(=O)NC2CCCCC2)S(C)(=O)=O)c1. The van der Waals surface area contributed by atoms with E-state index < -0.39 is 28.5 Å². The number of hydrogen-bond donors (Lipinski definition) is 1. The number of nitrogens with zero attached hydrogens (tertiary/aromatic N) is 2. The molecular weight excluding hydrogens is 533 g/mol. The molecule has 202 valence electrons. The lowest BCUT2D eigenvalue weighted by molar-refractivity contribution is -0.139. The molecule has 1 aliphatic rings. The zero-order valence-corrected chi connectivity index (χ0v) is 24.1. The predicted molar refractivity (Wildman–Crippen MR) is 150 cm³/mol.